The van der Waals surface area contributed by atoms with Gasteiger partial charge in [-0.25, -0.2) is 0 Å². The molecule has 0 spiro atoms. The molecule has 0 aliphatic heterocycles. The van der Waals surface area contributed by atoms with Gasteiger partial charge < -0.3 is 9.47 Å². The summed E-state index contributed by atoms with van der Waals surface area (Å²) in [5.41, 5.74) is 12.3. The van der Waals surface area contributed by atoms with Crippen LogP contribution < -0.4 is 4.90 Å². The minimum absolute atomic E-state index is 0.119. The molecule has 0 amide bonds. The smallest absolute Gasteiger partial charge is 0.0547 e. The van der Waals surface area contributed by atoms with Crippen molar-refractivity contribution in [1.29, 1.82) is 0 Å². The highest BCUT2D eigenvalue weighted by Gasteiger charge is 2.36. The number of aromatic nitrogens is 1. The lowest BCUT2D eigenvalue weighted by Crippen LogP contribution is -2.15. The third kappa shape index (κ3) is 4.27. The molecule has 11 rings (SSSR count). The molecule has 0 atom stereocenters. The zero-order chi connectivity index (χ0) is 35.3. The monoisotopic (exact) mass is 676 g/mol. The quantitative estimate of drug-likeness (QED) is 0.168. The molecule has 1 heterocycles. The number of anilines is 3. The molecule has 0 fully saturated rings. The van der Waals surface area contributed by atoms with Crippen LogP contribution in [0.5, 0.6) is 0 Å². The van der Waals surface area contributed by atoms with Crippen molar-refractivity contribution in [3.63, 3.8) is 0 Å². The van der Waals surface area contributed by atoms with Gasteiger partial charge in [0.1, 0.15) is 0 Å². The highest BCUT2D eigenvalue weighted by molar-refractivity contribution is 6.28. The summed E-state index contributed by atoms with van der Waals surface area (Å²) < 4.78 is 2.55. The van der Waals surface area contributed by atoms with Gasteiger partial charge >= 0.3 is 0 Å². The van der Waals surface area contributed by atoms with Crippen molar-refractivity contribution in [3.05, 3.63) is 193 Å². The van der Waals surface area contributed by atoms with Crippen molar-refractivity contribution in [3.8, 4) is 16.8 Å². The molecule has 9 aromatic carbocycles. The summed E-state index contributed by atoms with van der Waals surface area (Å²) in [5.74, 6) is 0. The normalized spacial score (nSPS) is 13.2. The number of hydrogen-bond acceptors (Lipinski definition) is 1. The van der Waals surface area contributed by atoms with Gasteiger partial charge in [0.05, 0.1) is 16.7 Å². The van der Waals surface area contributed by atoms with Crippen LogP contribution in [0.1, 0.15) is 25.0 Å². The molecule has 1 aromatic heterocycles. The van der Waals surface area contributed by atoms with E-state index in [0.29, 0.717) is 0 Å². The molecule has 0 saturated carbocycles. The van der Waals surface area contributed by atoms with E-state index < -0.39 is 0 Å². The summed E-state index contributed by atoms with van der Waals surface area (Å²) in [6, 6.07) is 67.1. The summed E-state index contributed by atoms with van der Waals surface area (Å²) in [7, 11) is 0. The van der Waals surface area contributed by atoms with Crippen molar-refractivity contribution >= 4 is 71.2 Å². The second-order valence-electron chi connectivity index (χ2n) is 14.9. The van der Waals surface area contributed by atoms with Gasteiger partial charge in [-0.1, -0.05) is 135 Å². The predicted octanol–water partition coefficient (Wildman–Crippen LogP) is 14.0. The van der Waals surface area contributed by atoms with E-state index in [0.717, 1.165) is 17.1 Å². The van der Waals surface area contributed by atoms with Gasteiger partial charge in [0, 0.05) is 38.6 Å². The fourth-order valence-corrected chi connectivity index (χ4v) is 9.32. The van der Waals surface area contributed by atoms with E-state index in [2.05, 4.69) is 205 Å². The number of para-hydroxylation sites is 2. The van der Waals surface area contributed by atoms with Crippen molar-refractivity contribution in [2.24, 2.45) is 0 Å². The fraction of sp³-hybridized carbons (Fsp3) is 0.0588. The summed E-state index contributed by atoms with van der Waals surface area (Å²) in [6.07, 6.45) is 0. The first-order chi connectivity index (χ1) is 26.1. The maximum atomic E-state index is 2.55. The highest BCUT2D eigenvalue weighted by atomic mass is 15.1. The van der Waals surface area contributed by atoms with E-state index in [9.17, 15) is 0 Å². The van der Waals surface area contributed by atoms with Crippen molar-refractivity contribution in [2.45, 2.75) is 19.3 Å². The number of nitrogens with zero attached hydrogens (tertiary/aromatic N) is 2. The lowest BCUT2D eigenvalue weighted by molar-refractivity contribution is 0.661. The second-order valence-corrected chi connectivity index (χ2v) is 14.9. The Kier molecular flexibility index (Phi) is 6.33. The zero-order valence-corrected chi connectivity index (χ0v) is 29.7. The maximum Gasteiger partial charge on any atom is 0.0547 e. The Balaban J connectivity index is 1.28. The molecule has 0 N–H and O–H groups in total. The number of hydrogen-bond donors (Lipinski definition) is 0. The Bertz CT molecular complexity index is 2990. The summed E-state index contributed by atoms with van der Waals surface area (Å²) in [6.45, 7) is 4.76. The van der Waals surface area contributed by atoms with Gasteiger partial charge in [-0.15, -0.1) is 0 Å². The Morgan fingerprint density at radius 2 is 0.925 bits per heavy atom. The van der Waals surface area contributed by atoms with E-state index in [4.69, 9.17) is 0 Å². The number of benzene rings is 9. The second kappa shape index (κ2) is 11.2. The van der Waals surface area contributed by atoms with E-state index in [-0.39, 0.29) is 5.41 Å². The van der Waals surface area contributed by atoms with Gasteiger partial charge in [-0.05, 0) is 110 Å². The van der Waals surface area contributed by atoms with E-state index in [1.807, 2.05) is 0 Å². The van der Waals surface area contributed by atoms with E-state index in [1.54, 1.807) is 0 Å². The summed E-state index contributed by atoms with van der Waals surface area (Å²) in [4.78, 5) is 2.37. The molecule has 250 valence electrons. The molecule has 0 bridgehead atoms. The molecule has 2 heteroatoms. The van der Waals surface area contributed by atoms with Gasteiger partial charge in [0.25, 0.3) is 0 Å². The Morgan fingerprint density at radius 3 is 1.60 bits per heavy atom. The number of fused-ring (bicyclic) bond motifs is 12. The minimum atomic E-state index is -0.119. The number of rotatable bonds is 4. The maximum absolute atomic E-state index is 2.55. The lowest BCUT2D eigenvalue weighted by atomic mass is 9.82. The molecule has 0 unspecified atom stereocenters. The van der Waals surface area contributed by atoms with Crippen molar-refractivity contribution in [2.75, 3.05) is 4.90 Å². The Morgan fingerprint density at radius 1 is 0.377 bits per heavy atom. The molecule has 1 aliphatic carbocycles. The molecule has 2 nitrogen and oxygen atoms in total. The van der Waals surface area contributed by atoms with Crippen LogP contribution in [-0.2, 0) is 5.41 Å². The molecule has 1 aliphatic rings. The Labute approximate surface area is 308 Å². The van der Waals surface area contributed by atoms with Crippen LogP contribution in [0.4, 0.5) is 17.1 Å². The first kappa shape index (κ1) is 30.0. The van der Waals surface area contributed by atoms with Crippen LogP contribution >= 0.6 is 0 Å². The molecular weight excluding hydrogens is 641 g/mol. The largest absolute Gasteiger partial charge is 0.310 e. The molecule has 53 heavy (non-hydrogen) atoms. The van der Waals surface area contributed by atoms with Gasteiger partial charge in [0.2, 0.25) is 0 Å². The van der Waals surface area contributed by atoms with Gasteiger partial charge in [0.15, 0.2) is 0 Å². The standard InChI is InChI=1S/C51H36N2/c1-51(2)45-26-14-13-23-39(45)42-31-44-43-30-35(52(33-16-5-3-6-17-33)34-18-7-4-8-19-34)28-29-47(43)53(49(44)32-46(42)51)48-27-15-25-41-38-21-10-9-20-36(38)37-22-11-12-24-40(37)50(41)48/h3-32H,1-2H3. The van der Waals surface area contributed by atoms with Crippen LogP contribution in [0.2, 0.25) is 0 Å². The van der Waals surface area contributed by atoms with Crippen molar-refractivity contribution < 1.29 is 0 Å². The molecule has 10 aromatic rings. The molecular formula is C51H36N2. The summed E-state index contributed by atoms with van der Waals surface area (Å²) >= 11 is 0. The van der Waals surface area contributed by atoms with Crippen molar-refractivity contribution in [1.82, 2.24) is 4.57 Å². The first-order valence-corrected chi connectivity index (χ1v) is 18.5. The van der Waals surface area contributed by atoms with E-state index in [1.165, 1.54) is 82.1 Å². The third-order valence-corrected chi connectivity index (χ3v) is 11.7. The van der Waals surface area contributed by atoms with Gasteiger partial charge in [-0.3, -0.25) is 0 Å². The highest BCUT2D eigenvalue weighted by Crippen LogP contribution is 2.52. The van der Waals surface area contributed by atoms with Crippen LogP contribution in [0, 0.1) is 0 Å². The fourth-order valence-electron chi connectivity index (χ4n) is 9.32. The van der Waals surface area contributed by atoms with Gasteiger partial charge in [-0.2, -0.15) is 0 Å². The molecule has 0 radical (unpaired) electrons. The third-order valence-electron chi connectivity index (χ3n) is 11.7. The van der Waals surface area contributed by atoms with Crippen LogP contribution in [0.25, 0.3) is 70.9 Å². The predicted molar refractivity (Wildman–Crippen MR) is 226 cm³/mol. The van der Waals surface area contributed by atoms with Crippen LogP contribution in [-0.4, -0.2) is 4.57 Å². The molecule has 0 saturated heterocycles. The zero-order valence-electron chi connectivity index (χ0n) is 29.7. The van der Waals surface area contributed by atoms with E-state index >= 15 is 0 Å². The summed E-state index contributed by atoms with van der Waals surface area (Å²) in [5, 5.41) is 10.2. The topological polar surface area (TPSA) is 8.17 Å². The van der Waals surface area contributed by atoms with Crippen LogP contribution in [0.3, 0.4) is 0 Å². The average molecular weight is 677 g/mol. The SMILES string of the molecule is CC1(C)c2ccccc2-c2cc3c4cc(N(c5ccccc5)c5ccccc5)ccc4n(-c4cccc5c6ccccc6c6ccccc6c45)c3cc21. The lowest BCUT2D eigenvalue weighted by Gasteiger charge is -2.25. The average Bonchev–Trinajstić information content (AvgIpc) is 3.65. The first-order valence-electron chi connectivity index (χ1n) is 18.5. The van der Waals surface area contributed by atoms with Crippen LogP contribution in [0.15, 0.2) is 182 Å². The Hall–Kier alpha value is -6.64. The minimum Gasteiger partial charge on any atom is -0.310 e.